The fourth-order valence-electron chi connectivity index (χ4n) is 5.22. The van der Waals surface area contributed by atoms with Crippen molar-refractivity contribution in [2.75, 3.05) is 6.61 Å². The molecule has 0 saturated heterocycles. The Labute approximate surface area is 216 Å². The fraction of sp³-hybridized carbons (Fsp3) is 0.630. The van der Waals surface area contributed by atoms with Gasteiger partial charge in [-0.3, -0.25) is 4.79 Å². The van der Waals surface area contributed by atoms with Crippen LogP contribution in [0.2, 0.25) is 0 Å². The number of ketones is 1. The van der Waals surface area contributed by atoms with E-state index in [-0.39, 0.29) is 44.7 Å². The van der Waals surface area contributed by atoms with Crippen molar-refractivity contribution in [2.45, 2.75) is 80.1 Å². The molecule has 4 aliphatic rings. The molecule has 0 heterocycles. The number of rotatable bonds is 3. The Morgan fingerprint density at radius 1 is 1.00 bits per heavy atom. The average molecular weight is 505 g/mol. The molecule has 4 aliphatic carbocycles. The number of carbonyl (C=O) groups is 2. The van der Waals surface area contributed by atoms with Crippen LogP contribution in [0.25, 0.3) is 6.08 Å². The Morgan fingerprint density at radius 2 is 1.39 bits per heavy atom. The Bertz CT molecular complexity index is 575. The molecule has 1 N–H and O–H groups in total. The predicted octanol–water partition coefficient (Wildman–Crippen LogP) is 6.54. The maximum Gasteiger partial charge on any atom is 0.135 e. The predicted molar refractivity (Wildman–Crippen MR) is 127 cm³/mol. The largest absolute Gasteiger partial charge is 0.397 e. The van der Waals surface area contributed by atoms with E-state index in [4.69, 9.17) is 5.11 Å². The summed E-state index contributed by atoms with van der Waals surface area (Å²) in [5, 5.41) is 7.57. The summed E-state index contributed by atoms with van der Waals surface area (Å²) in [6.07, 6.45) is 12.8. The van der Waals surface area contributed by atoms with Gasteiger partial charge in [0.25, 0.3) is 0 Å². The maximum absolute atomic E-state index is 11.7. The molecule has 4 fully saturated rings. The molecule has 4 saturated carbocycles. The van der Waals surface area contributed by atoms with Gasteiger partial charge in [0.2, 0.25) is 0 Å². The molecule has 3 nitrogen and oxygen atoms in total. The van der Waals surface area contributed by atoms with Gasteiger partial charge in [-0.05, 0) is 70.1 Å². The van der Waals surface area contributed by atoms with Crippen molar-refractivity contribution in [2.24, 2.45) is 23.2 Å². The molecule has 4 heteroatoms. The van der Waals surface area contributed by atoms with Crippen molar-refractivity contribution < 1.29 is 47.4 Å². The standard InChI is InChI=1S/C12H18O.C9H7O.C2H6O.2C2H6.Y/c1-8(13)12-5-9-2-10(6-12)4-11(3-9)7-12;10-8-4-7-9-5-2-1-3-6-9;1-2-3;2*1-2;/h9-11H,2-7H2,1H3;1-3,5-8H;3H,2H2,1H3;2*1-2H3;/q;-1;;;;. The van der Waals surface area contributed by atoms with Gasteiger partial charge in [0.15, 0.2) is 0 Å². The Hall–Kier alpha value is -0.636. The van der Waals surface area contributed by atoms with E-state index in [9.17, 15) is 9.59 Å². The van der Waals surface area contributed by atoms with Gasteiger partial charge in [-0.1, -0.05) is 45.9 Å². The van der Waals surface area contributed by atoms with Crippen LogP contribution in [0.5, 0.6) is 0 Å². The van der Waals surface area contributed by atoms with E-state index in [0.717, 1.165) is 23.3 Å². The Kier molecular flexibility index (Phi) is 19.8. The molecule has 31 heavy (non-hydrogen) atoms. The minimum absolute atomic E-state index is 0. The van der Waals surface area contributed by atoms with E-state index in [0.29, 0.717) is 12.1 Å². The summed E-state index contributed by atoms with van der Waals surface area (Å²) in [7, 11) is 0. The molecule has 0 unspecified atom stereocenters. The maximum atomic E-state index is 11.7. The second-order valence-corrected chi connectivity index (χ2v) is 7.91. The van der Waals surface area contributed by atoms with Crippen molar-refractivity contribution in [3.63, 3.8) is 0 Å². The molecule has 5 rings (SSSR count). The average Bonchev–Trinajstić information content (AvgIpc) is 2.76. The summed E-state index contributed by atoms with van der Waals surface area (Å²) in [5.74, 6) is 3.23. The first kappa shape index (κ1) is 32.5. The van der Waals surface area contributed by atoms with Crippen LogP contribution in [0.4, 0.5) is 0 Å². The van der Waals surface area contributed by atoms with Crippen molar-refractivity contribution >= 4 is 18.1 Å². The molecule has 173 valence electrons. The van der Waals surface area contributed by atoms with Gasteiger partial charge in [-0.25, -0.2) is 12.2 Å². The number of benzene rings is 1. The molecule has 1 radical (unpaired) electrons. The third-order valence-corrected chi connectivity index (χ3v) is 5.90. The molecule has 1 aromatic carbocycles. The smallest absolute Gasteiger partial charge is 0.135 e. The van der Waals surface area contributed by atoms with Crippen LogP contribution in [-0.2, 0) is 42.3 Å². The zero-order valence-corrected chi connectivity index (χ0v) is 23.4. The van der Waals surface area contributed by atoms with E-state index in [1.807, 2.05) is 65.0 Å². The van der Waals surface area contributed by atoms with Crippen LogP contribution < -0.4 is 0 Å². The van der Waals surface area contributed by atoms with Crippen LogP contribution in [0, 0.1) is 29.2 Å². The quantitative estimate of drug-likeness (QED) is 0.289. The zero-order valence-electron chi connectivity index (χ0n) is 20.6. The van der Waals surface area contributed by atoms with Crippen LogP contribution in [0.15, 0.2) is 30.3 Å². The topological polar surface area (TPSA) is 54.4 Å². The van der Waals surface area contributed by atoms with Crippen molar-refractivity contribution in [3.8, 4) is 0 Å². The summed E-state index contributed by atoms with van der Waals surface area (Å²) in [4.78, 5) is 21.5. The molecule has 0 atom stereocenters. The molecular weight excluding hydrogens is 461 g/mol. The normalized spacial score (nSPS) is 26.2. The molecule has 1 aromatic rings. The third kappa shape index (κ3) is 11.2. The van der Waals surface area contributed by atoms with Crippen molar-refractivity contribution in [1.29, 1.82) is 0 Å². The van der Waals surface area contributed by atoms with Crippen LogP contribution in [0.3, 0.4) is 0 Å². The number of hydrogen-bond acceptors (Lipinski definition) is 3. The first-order valence-corrected chi connectivity index (χ1v) is 11.7. The van der Waals surface area contributed by atoms with Gasteiger partial charge >= 0.3 is 0 Å². The summed E-state index contributed by atoms with van der Waals surface area (Å²) < 4.78 is 0. The monoisotopic (exact) mass is 504 g/mol. The number of hydrogen-bond donors (Lipinski definition) is 1. The molecule has 0 aromatic heterocycles. The molecule has 4 bridgehead atoms. The second kappa shape index (κ2) is 18.9. The van der Waals surface area contributed by atoms with Crippen LogP contribution in [0.1, 0.15) is 85.6 Å². The molecular formula is C27H43O3Y-. The van der Waals surface area contributed by atoms with Gasteiger partial charge in [0, 0.05) is 44.7 Å². The minimum atomic E-state index is 0. The number of aliphatic hydroxyl groups is 1. The number of aliphatic hydroxyl groups excluding tert-OH is 1. The van der Waals surface area contributed by atoms with E-state index >= 15 is 0 Å². The van der Waals surface area contributed by atoms with E-state index in [1.165, 1.54) is 38.5 Å². The molecule has 0 amide bonds. The van der Waals surface area contributed by atoms with Gasteiger partial charge in [0.1, 0.15) is 5.78 Å². The third-order valence-electron chi connectivity index (χ3n) is 5.90. The number of allylic oxidation sites excluding steroid dienone is 1. The van der Waals surface area contributed by atoms with E-state index in [1.54, 1.807) is 13.0 Å². The zero-order chi connectivity index (χ0) is 23.0. The van der Waals surface area contributed by atoms with Crippen molar-refractivity contribution in [1.82, 2.24) is 0 Å². The molecule has 0 aliphatic heterocycles. The first-order chi connectivity index (χ1) is 14.5. The van der Waals surface area contributed by atoms with Crippen LogP contribution >= 0.6 is 0 Å². The number of Topliss-reactive ketones (excluding diaryl/α,β-unsaturated/α-hetero) is 1. The number of aldehydes is 1. The van der Waals surface area contributed by atoms with E-state index < -0.39 is 0 Å². The summed E-state index contributed by atoms with van der Waals surface area (Å²) in [5.41, 5.74) is 1.16. The van der Waals surface area contributed by atoms with Crippen LogP contribution in [-0.4, -0.2) is 23.8 Å². The Morgan fingerprint density at radius 3 is 1.71 bits per heavy atom. The van der Waals surface area contributed by atoms with E-state index in [2.05, 4.69) is 6.08 Å². The first-order valence-electron chi connectivity index (χ1n) is 11.7. The van der Waals surface area contributed by atoms with Gasteiger partial charge in [-0.2, -0.15) is 5.56 Å². The summed E-state index contributed by atoms with van der Waals surface area (Å²) in [6, 6.07) is 9.59. The summed E-state index contributed by atoms with van der Waals surface area (Å²) in [6.45, 7) is 11.8. The SMILES string of the molecule is CC.CC.CC(=O)C12CC3CC(CC(C3)C1)C2.CCO.O=C[C-]=Cc1ccccc1.[Y]. The molecule has 0 spiro atoms. The van der Waals surface area contributed by atoms with Gasteiger partial charge < -0.3 is 9.90 Å². The minimum Gasteiger partial charge on any atom is -0.397 e. The fourth-order valence-corrected chi connectivity index (χ4v) is 5.22. The Balaban J connectivity index is 0. The summed E-state index contributed by atoms with van der Waals surface area (Å²) >= 11 is 0. The second-order valence-electron chi connectivity index (χ2n) is 7.91. The van der Waals surface area contributed by atoms with Crippen molar-refractivity contribution in [3.05, 3.63) is 42.0 Å². The van der Waals surface area contributed by atoms with Gasteiger partial charge in [0.05, 0.1) is 6.29 Å². The van der Waals surface area contributed by atoms with Gasteiger partial charge in [-0.15, -0.1) is 12.1 Å². The number of carbonyl (C=O) groups excluding carboxylic acids is 2.